The van der Waals surface area contributed by atoms with Crippen LogP contribution in [0.3, 0.4) is 0 Å². The lowest BCUT2D eigenvalue weighted by Gasteiger charge is -2.34. The Morgan fingerprint density at radius 3 is 1.13 bits per heavy atom. The van der Waals surface area contributed by atoms with Gasteiger partial charge in [0.05, 0.1) is 69.4 Å². The van der Waals surface area contributed by atoms with Crippen LogP contribution in [-0.4, -0.2) is 236 Å². The van der Waals surface area contributed by atoms with Gasteiger partial charge >= 0.3 is 53.7 Å². The summed E-state index contributed by atoms with van der Waals surface area (Å²) in [7, 11) is 0. The van der Waals surface area contributed by atoms with E-state index in [9.17, 15) is 78.6 Å². The molecular weight excluding hydrogens is 1350 g/mol. The number of carbonyl (C=O) groups excluding carboxylic acids is 4. The lowest BCUT2D eigenvalue weighted by atomic mass is 10.0. The summed E-state index contributed by atoms with van der Waals surface area (Å²) < 4.78 is 24.2. The first-order valence-electron chi connectivity index (χ1n) is 40.2. The number of Topliss-reactive ketones (excluding diaryl/α,β-unsaturated/α-hetero) is 1. The van der Waals surface area contributed by atoms with Gasteiger partial charge in [-0.1, -0.05) is 252 Å². The van der Waals surface area contributed by atoms with Crippen molar-refractivity contribution in [1.82, 2.24) is 34.9 Å². The zero-order chi connectivity index (χ0) is 77.4. The van der Waals surface area contributed by atoms with Gasteiger partial charge in [-0.15, -0.1) is 0 Å². The van der Waals surface area contributed by atoms with Gasteiger partial charge in [0, 0.05) is 65.1 Å². The molecule has 8 N–H and O–H groups in total. The van der Waals surface area contributed by atoms with Crippen molar-refractivity contribution < 1.29 is 97.5 Å². The van der Waals surface area contributed by atoms with Crippen LogP contribution in [0.1, 0.15) is 302 Å². The highest BCUT2D eigenvalue weighted by atomic mass is 16.6. The summed E-state index contributed by atoms with van der Waals surface area (Å²) in [6.07, 6.45) is 46.2. The van der Waals surface area contributed by atoms with Gasteiger partial charge in [-0.25, -0.2) is 4.98 Å². The molecule has 0 aliphatic rings. The van der Waals surface area contributed by atoms with Crippen molar-refractivity contribution in [1.29, 1.82) is 0 Å². The maximum atomic E-state index is 13.8. The number of aromatic amines is 1. The van der Waals surface area contributed by atoms with Crippen molar-refractivity contribution in [3.05, 3.63) is 17.7 Å². The number of esters is 3. The number of hydrogen-bond donors (Lipinski definition) is 8. The first-order valence-corrected chi connectivity index (χ1v) is 40.2. The Balaban J connectivity index is 3.44. The number of rotatable bonds is 78. The Bertz CT molecular complexity index is 2340. The summed E-state index contributed by atoms with van der Waals surface area (Å²) in [5.41, 5.74) is -0.971. The minimum absolute atomic E-state index is 0.0439. The fourth-order valence-electron chi connectivity index (χ4n) is 12.8. The van der Waals surface area contributed by atoms with Gasteiger partial charge in [0.1, 0.15) is 32.0 Å². The average molecular weight is 1490 g/mol. The number of ketones is 1. The average Bonchev–Trinajstić information content (AvgIpc) is 1.79. The van der Waals surface area contributed by atoms with Crippen LogP contribution < -0.4 is 5.32 Å². The van der Waals surface area contributed by atoms with E-state index in [-0.39, 0.29) is 89.8 Å². The van der Waals surface area contributed by atoms with Crippen molar-refractivity contribution in [2.45, 2.75) is 315 Å². The second kappa shape index (κ2) is 65.0. The molecule has 1 rings (SSSR count). The molecule has 27 heteroatoms. The third kappa shape index (κ3) is 57.7. The third-order valence-corrected chi connectivity index (χ3v) is 18.9. The molecule has 0 bridgehead atoms. The van der Waals surface area contributed by atoms with Crippen molar-refractivity contribution in [2.24, 2.45) is 0 Å². The fraction of sp³-hybridized carbons (Fsp3) is 0.833. The Morgan fingerprint density at radius 2 is 0.752 bits per heavy atom. The molecule has 0 radical (unpaired) electrons. The number of carbonyl (C=O) groups is 10. The van der Waals surface area contributed by atoms with Gasteiger partial charge in [0.2, 0.25) is 0 Å². The summed E-state index contributed by atoms with van der Waals surface area (Å²) in [6.45, 7) is -0.820. The molecule has 1 aromatic heterocycles. The van der Waals surface area contributed by atoms with E-state index >= 15 is 0 Å². The lowest BCUT2D eigenvalue weighted by molar-refractivity contribution is -0.173. The SMILES string of the molecule is CCCCCCCCCCCCCCCC(=O)COC(CNCc1nc[nH]c1CC(=O)OCC(CN(CCN(CCN(CC(=O)O)CC(=O)O)CC(=O)O)CC(=O)O)N(CC(=O)O)CC(=O)O)(COC(=O)CCCCCCCCCCCCCCC)COC(=O)CCCCCCCCCCCCCCC. The zero-order valence-electron chi connectivity index (χ0n) is 64.7. The number of nitrogens with zero attached hydrogens (tertiary/aromatic N) is 5. The number of imidazole rings is 1. The molecule has 0 spiro atoms. The number of aromatic nitrogens is 2. The molecule has 0 saturated carbocycles. The summed E-state index contributed by atoms with van der Waals surface area (Å²) in [5.74, 6) is -10.2. The highest BCUT2D eigenvalue weighted by molar-refractivity contribution is 5.79. The maximum absolute atomic E-state index is 13.8. The summed E-state index contributed by atoms with van der Waals surface area (Å²) in [5, 5.41) is 61.3. The number of ether oxygens (including phenoxy) is 4. The standard InChI is InChI=1S/C78H139N7O20/c1-4-7-10-13-16-19-22-25-28-31-34-37-40-43-66(86)60-105-78(62-103-75(99)44-41-38-35-32-29-26-23-20-17-14-11-8-5-2,63-104-76(100)45-42-39-36-33-30-27-24-21-18-15-12-9-6-3)61-79-51-68-67(80-64-81-68)50-77(101)102-59-65(85(57-73(95)96)58-74(97)98)52-83(54-70(89)90)48-46-82(53-69(87)88)47-49-84(55-71(91)92)56-72(93)94/h64-65,79H,4-63H2,1-3H3,(H,80,81)(H,87,88)(H,89,90)(H,91,92)(H,93,94)(H,95,96)(H,97,98). The van der Waals surface area contributed by atoms with Crippen LogP contribution in [0.5, 0.6) is 0 Å². The van der Waals surface area contributed by atoms with Crippen molar-refractivity contribution in [2.75, 3.05) is 105 Å². The molecule has 27 nitrogen and oxygen atoms in total. The summed E-state index contributed by atoms with van der Waals surface area (Å²) in [4.78, 5) is 138. The predicted octanol–water partition coefficient (Wildman–Crippen LogP) is 12.5. The van der Waals surface area contributed by atoms with Crippen LogP contribution in [0.2, 0.25) is 0 Å². The Hall–Kier alpha value is -6.13. The topological polar surface area (TPSA) is 383 Å². The van der Waals surface area contributed by atoms with E-state index < -0.39 is 124 Å². The van der Waals surface area contributed by atoms with Crippen LogP contribution in [0.15, 0.2) is 6.33 Å². The highest BCUT2D eigenvalue weighted by Crippen LogP contribution is 2.21. The normalized spacial score (nSPS) is 12.0. The molecule has 0 amide bonds. The van der Waals surface area contributed by atoms with E-state index in [2.05, 4.69) is 36.1 Å². The molecule has 1 aromatic rings. The van der Waals surface area contributed by atoms with Crippen molar-refractivity contribution in [3.63, 3.8) is 0 Å². The smallest absolute Gasteiger partial charge is 0.317 e. The van der Waals surface area contributed by atoms with E-state index in [1.807, 2.05) is 0 Å². The van der Waals surface area contributed by atoms with E-state index in [1.54, 1.807) is 0 Å². The molecule has 1 heterocycles. The Kier molecular flexibility index (Phi) is 60.0. The lowest BCUT2D eigenvalue weighted by Crippen LogP contribution is -2.52. The highest BCUT2D eigenvalue weighted by Gasteiger charge is 2.37. The number of H-pyrrole nitrogens is 1. The molecule has 606 valence electrons. The molecule has 0 saturated heterocycles. The number of carboxylic acid groups (broad SMARTS) is 6. The van der Waals surface area contributed by atoms with Crippen LogP contribution in [0.4, 0.5) is 0 Å². The molecule has 1 unspecified atom stereocenters. The summed E-state index contributed by atoms with van der Waals surface area (Å²) >= 11 is 0. The predicted molar refractivity (Wildman–Crippen MR) is 402 cm³/mol. The monoisotopic (exact) mass is 1490 g/mol. The third-order valence-electron chi connectivity index (χ3n) is 18.9. The number of unbranched alkanes of at least 4 members (excludes halogenated alkanes) is 36. The van der Waals surface area contributed by atoms with Crippen LogP contribution in [0, 0.1) is 0 Å². The second-order valence-electron chi connectivity index (χ2n) is 28.7. The first-order chi connectivity index (χ1) is 50.6. The molecule has 0 aliphatic carbocycles. The van der Waals surface area contributed by atoms with Crippen LogP contribution in [0.25, 0.3) is 0 Å². The van der Waals surface area contributed by atoms with Crippen molar-refractivity contribution >= 4 is 59.5 Å². The maximum Gasteiger partial charge on any atom is 0.317 e. The zero-order valence-corrected chi connectivity index (χ0v) is 64.7. The molecule has 0 aromatic carbocycles. The van der Waals surface area contributed by atoms with E-state index in [0.29, 0.717) is 25.0 Å². The van der Waals surface area contributed by atoms with Crippen LogP contribution in [-0.2, 0) is 79.9 Å². The van der Waals surface area contributed by atoms with Gasteiger partial charge in [0.25, 0.3) is 0 Å². The van der Waals surface area contributed by atoms with E-state index in [1.165, 1.54) is 170 Å². The minimum atomic E-state index is -1.56. The first kappa shape index (κ1) is 96.9. The van der Waals surface area contributed by atoms with E-state index in [4.69, 9.17) is 18.9 Å². The molecular formula is C78H139N7O20. The molecule has 1 atom stereocenters. The largest absolute Gasteiger partial charge is 0.480 e. The molecule has 105 heavy (non-hydrogen) atoms. The van der Waals surface area contributed by atoms with E-state index in [0.717, 1.165) is 86.8 Å². The number of aliphatic carboxylic acids is 6. The van der Waals surface area contributed by atoms with Gasteiger partial charge in [-0.3, -0.25) is 67.5 Å². The van der Waals surface area contributed by atoms with Gasteiger partial charge in [-0.05, 0) is 19.3 Å². The minimum Gasteiger partial charge on any atom is -0.480 e. The number of carboxylic acids is 6. The van der Waals surface area contributed by atoms with Gasteiger partial charge in [-0.2, -0.15) is 0 Å². The number of nitrogens with one attached hydrogen (secondary N) is 2. The Morgan fingerprint density at radius 1 is 0.419 bits per heavy atom. The van der Waals surface area contributed by atoms with Gasteiger partial charge in [0.15, 0.2) is 5.78 Å². The second-order valence-corrected chi connectivity index (χ2v) is 28.7. The van der Waals surface area contributed by atoms with Gasteiger partial charge < -0.3 is 59.9 Å². The summed E-state index contributed by atoms with van der Waals surface area (Å²) in [6, 6.07) is -1.28. The molecule has 0 fully saturated rings. The quantitative estimate of drug-likeness (QED) is 0.0171. The fourth-order valence-corrected chi connectivity index (χ4v) is 12.8. The number of hydrogen-bond acceptors (Lipinski definition) is 20. The van der Waals surface area contributed by atoms with Crippen LogP contribution >= 0.6 is 0 Å². The molecule has 0 aliphatic heterocycles. The van der Waals surface area contributed by atoms with Crippen molar-refractivity contribution in [3.8, 4) is 0 Å². The Labute approximate surface area is 627 Å².